The lowest BCUT2D eigenvalue weighted by Crippen LogP contribution is -2.49. The van der Waals surface area contributed by atoms with Crippen molar-refractivity contribution in [3.05, 3.63) is 69.3 Å². The summed E-state index contributed by atoms with van der Waals surface area (Å²) in [5.41, 5.74) is 14.1. The fourth-order valence-electron chi connectivity index (χ4n) is 9.26. The normalized spacial score (nSPS) is 20.0. The molecule has 2 heterocycles. The largest absolute Gasteiger partial charge is 0.379 e. The Kier molecular flexibility index (Phi) is 8.87. The van der Waals surface area contributed by atoms with Crippen LogP contribution in [-0.2, 0) is 16.6 Å². The molecule has 0 unspecified atom stereocenters. The zero-order valence-corrected chi connectivity index (χ0v) is 30.2. The summed E-state index contributed by atoms with van der Waals surface area (Å²) in [6, 6.07) is 13.2. The summed E-state index contributed by atoms with van der Waals surface area (Å²) in [4.78, 5) is 19.7. The van der Waals surface area contributed by atoms with Gasteiger partial charge in [-0.25, -0.2) is 0 Å². The first-order chi connectivity index (χ1) is 21.9. The number of fused-ring (bicyclic) bond motifs is 3. The Morgan fingerprint density at radius 3 is 2.17 bits per heavy atom. The molecule has 0 N–H and O–H groups in total. The van der Waals surface area contributed by atoms with Crippen molar-refractivity contribution in [1.29, 1.82) is 5.26 Å². The minimum absolute atomic E-state index is 0.105. The maximum atomic E-state index is 14.5. The van der Waals surface area contributed by atoms with Crippen LogP contribution in [0.5, 0.6) is 0 Å². The molecule has 0 amide bonds. The number of nitriles is 1. The van der Waals surface area contributed by atoms with Gasteiger partial charge in [-0.1, -0.05) is 67.4 Å². The smallest absolute Gasteiger partial charge is 0.193 e. The van der Waals surface area contributed by atoms with E-state index in [1.807, 2.05) is 18.2 Å². The molecule has 242 valence electrons. The Hall–Kier alpha value is -3.16. The molecule has 6 rings (SSSR count). The molecule has 0 aromatic heterocycles. The number of piperidine rings is 1. The Morgan fingerprint density at radius 1 is 0.913 bits per heavy atom. The van der Waals surface area contributed by atoms with Crippen LogP contribution in [-0.4, -0.2) is 64.2 Å². The number of morpholine rings is 1. The van der Waals surface area contributed by atoms with Crippen molar-refractivity contribution in [2.24, 2.45) is 0 Å². The van der Waals surface area contributed by atoms with E-state index >= 15 is 0 Å². The van der Waals surface area contributed by atoms with Crippen molar-refractivity contribution in [2.45, 2.75) is 103 Å². The van der Waals surface area contributed by atoms with Crippen LogP contribution >= 0.6 is 0 Å². The quantitative estimate of drug-likeness (QED) is 0.247. The standard InChI is InChI=1S/C40H51N3O2Si/c1-26(2)46(27(3)4,28(5)6)20-13-30-22-34-35(24-37(30)43-14-11-32(12-15-43)42-16-18-45-19-17-42)40(7,8)36-23-31-21-29(25-41)9-10-33(31)38(36)39(34)44/h9-10,21-22,24,26-28,32H,11-12,14-19,23H2,1-8H3. The molecule has 5 nitrogen and oxygen atoms in total. The lowest BCUT2D eigenvalue weighted by molar-refractivity contribution is 0.0115. The third-order valence-corrected chi connectivity index (χ3v) is 18.1. The maximum absolute atomic E-state index is 14.5. The topological polar surface area (TPSA) is 56.6 Å². The number of carbonyl (C=O) groups excluding carboxylic acids is 1. The molecule has 4 aliphatic rings. The van der Waals surface area contributed by atoms with Gasteiger partial charge >= 0.3 is 0 Å². The highest BCUT2D eigenvalue weighted by Crippen LogP contribution is 2.51. The molecule has 2 aliphatic heterocycles. The van der Waals surface area contributed by atoms with Crippen molar-refractivity contribution >= 4 is 25.1 Å². The second-order valence-electron chi connectivity index (χ2n) is 15.4. The summed E-state index contributed by atoms with van der Waals surface area (Å²) >= 11 is 0. The zero-order valence-electron chi connectivity index (χ0n) is 29.2. The van der Waals surface area contributed by atoms with Gasteiger partial charge in [0.1, 0.15) is 8.07 Å². The number of rotatable bonds is 5. The van der Waals surface area contributed by atoms with E-state index in [1.165, 1.54) is 11.3 Å². The van der Waals surface area contributed by atoms with E-state index in [0.717, 1.165) is 85.6 Å². The molecule has 6 heteroatoms. The van der Waals surface area contributed by atoms with Gasteiger partial charge in [0.05, 0.1) is 30.5 Å². The van der Waals surface area contributed by atoms with E-state index in [4.69, 9.17) is 4.74 Å². The van der Waals surface area contributed by atoms with Gasteiger partial charge in [-0.2, -0.15) is 5.26 Å². The third kappa shape index (κ3) is 5.37. The first-order valence-corrected chi connectivity index (χ1v) is 19.7. The SMILES string of the molecule is CC(C)[Si](C#Cc1cc2c(cc1N1CCC(N3CCOCC3)CC1)C(C)(C)C1=C(C2=O)c2ccc(C#N)cc2C1)(C(C)C)C(C)C. The predicted octanol–water partition coefficient (Wildman–Crippen LogP) is 7.91. The Labute approximate surface area is 278 Å². The number of ketones is 1. The van der Waals surface area contributed by atoms with Gasteiger partial charge in [-0.15, -0.1) is 5.54 Å². The average molecular weight is 634 g/mol. The molecule has 2 aromatic rings. The molecule has 2 aliphatic carbocycles. The lowest BCUT2D eigenvalue weighted by atomic mass is 9.68. The fraction of sp³-hybridized carbons (Fsp3) is 0.550. The molecule has 46 heavy (non-hydrogen) atoms. The molecule has 2 saturated heterocycles. The van der Waals surface area contributed by atoms with Crippen molar-refractivity contribution < 1.29 is 9.53 Å². The maximum Gasteiger partial charge on any atom is 0.193 e. The second kappa shape index (κ2) is 12.5. The van der Waals surface area contributed by atoms with E-state index in [0.29, 0.717) is 34.6 Å². The summed E-state index contributed by atoms with van der Waals surface area (Å²) in [5, 5.41) is 9.56. The Morgan fingerprint density at radius 2 is 1.57 bits per heavy atom. The van der Waals surface area contributed by atoms with Crippen molar-refractivity contribution in [2.75, 3.05) is 44.3 Å². The molecule has 0 spiro atoms. The van der Waals surface area contributed by atoms with Gasteiger partial charge in [-0.3, -0.25) is 9.69 Å². The summed E-state index contributed by atoms with van der Waals surface area (Å²) in [6.45, 7) is 24.4. The highest BCUT2D eigenvalue weighted by Gasteiger charge is 2.44. The van der Waals surface area contributed by atoms with E-state index in [2.05, 4.69) is 94.9 Å². The molecule has 2 aromatic carbocycles. The van der Waals surface area contributed by atoms with Gasteiger partial charge in [0.2, 0.25) is 0 Å². The van der Waals surface area contributed by atoms with E-state index in [9.17, 15) is 10.1 Å². The number of hydrogen-bond donors (Lipinski definition) is 0. The van der Waals surface area contributed by atoms with E-state index in [-0.39, 0.29) is 11.2 Å². The number of nitrogens with zero attached hydrogens (tertiary/aromatic N) is 3. The van der Waals surface area contributed by atoms with E-state index in [1.54, 1.807) is 0 Å². The minimum Gasteiger partial charge on any atom is -0.379 e. The van der Waals surface area contributed by atoms with Crippen molar-refractivity contribution in [1.82, 2.24) is 4.90 Å². The number of carbonyl (C=O) groups is 1. The zero-order chi connectivity index (χ0) is 33.0. The van der Waals surface area contributed by atoms with Crippen LogP contribution in [0.15, 0.2) is 35.9 Å². The molecule has 0 radical (unpaired) electrons. The van der Waals surface area contributed by atoms with Crippen molar-refractivity contribution in [3.63, 3.8) is 0 Å². The fourth-order valence-corrected chi connectivity index (χ4v) is 14.5. The number of Topliss-reactive ketones (excluding diaryl/α,β-unsaturated/α-hetero) is 1. The van der Waals surface area contributed by atoms with E-state index < -0.39 is 8.07 Å². The van der Waals surface area contributed by atoms with Gasteiger partial charge in [-0.05, 0) is 82.4 Å². The molecule has 2 fully saturated rings. The summed E-state index contributed by atoms with van der Waals surface area (Å²) in [5.74, 6) is 3.91. The molecule has 0 atom stereocenters. The molecular weight excluding hydrogens is 583 g/mol. The number of benzene rings is 2. The minimum atomic E-state index is -1.99. The number of allylic oxidation sites excluding steroid dienone is 2. The summed E-state index contributed by atoms with van der Waals surface area (Å²) in [6.07, 6.45) is 2.97. The van der Waals surface area contributed by atoms with Crippen LogP contribution in [0, 0.1) is 22.8 Å². The van der Waals surface area contributed by atoms with Crippen LogP contribution in [0.4, 0.5) is 5.69 Å². The Bertz CT molecular complexity index is 1650. The predicted molar refractivity (Wildman–Crippen MR) is 191 cm³/mol. The van der Waals surface area contributed by atoms with Gasteiger partial charge in [0.25, 0.3) is 0 Å². The van der Waals surface area contributed by atoms with Gasteiger partial charge in [0.15, 0.2) is 5.78 Å². The van der Waals surface area contributed by atoms with Gasteiger partial charge in [0, 0.05) is 54.3 Å². The van der Waals surface area contributed by atoms with Gasteiger partial charge < -0.3 is 9.64 Å². The van der Waals surface area contributed by atoms with Crippen LogP contribution in [0.3, 0.4) is 0 Å². The second-order valence-corrected chi connectivity index (χ2v) is 21.0. The first-order valence-electron chi connectivity index (χ1n) is 17.5. The van der Waals surface area contributed by atoms with Crippen LogP contribution in [0.25, 0.3) is 5.57 Å². The molecular formula is C40H51N3O2Si. The van der Waals surface area contributed by atoms with Crippen molar-refractivity contribution in [3.8, 4) is 17.5 Å². The average Bonchev–Trinajstić information content (AvgIpc) is 3.44. The van der Waals surface area contributed by atoms with Crippen LogP contribution in [0.1, 0.15) is 106 Å². The van der Waals surface area contributed by atoms with Crippen LogP contribution in [0.2, 0.25) is 16.6 Å². The number of hydrogen-bond acceptors (Lipinski definition) is 5. The lowest BCUT2D eigenvalue weighted by Gasteiger charge is -2.42. The molecule has 0 saturated carbocycles. The first kappa shape index (κ1) is 32.8. The Balaban J connectivity index is 1.46. The number of ether oxygens (including phenoxy) is 1. The molecule has 0 bridgehead atoms. The van der Waals surface area contributed by atoms with Crippen LogP contribution < -0.4 is 4.90 Å². The summed E-state index contributed by atoms with van der Waals surface area (Å²) in [7, 11) is -1.99. The highest BCUT2D eigenvalue weighted by molar-refractivity contribution is 6.90. The number of anilines is 1. The third-order valence-electron chi connectivity index (χ3n) is 11.9. The monoisotopic (exact) mass is 633 g/mol. The highest BCUT2D eigenvalue weighted by atomic mass is 28.3. The summed E-state index contributed by atoms with van der Waals surface area (Å²) < 4.78 is 5.63.